The minimum atomic E-state index is -0.353. The zero-order valence-electron chi connectivity index (χ0n) is 9.20. The molecule has 2 unspecified atom stereocenters. The number of hydrogen-bond acceptors (Lipinski definition) is 1. The second-order valence-corrected chi connectivity index (χ2v) is 4.15. The van der Waals surface area contributed by atoms with Gasteiger partial charge in [-0.3, -0.25) is 0 Å². The van der Waals surface area contributed by atoms with Gasteiger partial charge in [-0.05, 0) is 35.1 Å². The predicted molar refractivity (Wildman–Crippen MR) is 62.7 cm³/mol. The summed E-state index contributed by atoms with van der Waals surface area (Å²) >= 11 is 0. The van der Waals surface area contributed by atoms with Gasteiger partial charge in [-0.15, -0.1) is 0 Å². The summed E-state index contributed by atoms with van der Waals surface area (Å²) < 4.78 is 0. The van der Waals surface area contributed by atoms with Gasteiger partial charge >= 0.3 is 0 Å². The third-order valence-electron chi connectivity index (χ3n) is 3.10. The second-order valence-electron chi connectivity index (χ2n) is 4.15. The molecule has 0 bridgehead atoms. The smallest absolute Gasteiger partial charge is 0.0815 e. The highest BCUT2D eigenvalue weighted by Crippen LogP contribution is 2.26. The first kappa shape index (κ1) is 10.2. The van der Waals surface area contributed by atoms with E-state index < -0.39 is 0 Å². The van der Waals surface area contributed by atoms with Gasteiger partial charge in [0.05, 0.1) is 6.10 Å². The summed E-state index contributed by atoms with van der Waals surface area (Å²) in [5, 5.41) is 11.2. The van der Waals surface area contributed by atoms with Crippen molar-refractivity contribution < 1.29 is 5.11 Å². The molecule has 0 spiro atoms. The van der Waals surface area contributed by atoms with E-state index in [9.17, 15) is 5.11 Å². The molecule has 0 amide bonds. The molecule has 1 aromatic heterocycles. The lowest BCUT2D eigenvalue weighted by molar-refractivity contribution is 0.115. The van der Waals surface area contributed by atoms with Crippen LogP contribution >= 0.6 is 0 Å². The van der Waals surface area contributed by atoms with Gasteiger partial charge in [-0.1, -0.05) is 26.3 Å². The molecule has 0 aliphatic rings. The molecule has 0 saturated heterocycles. The fraction of sp³-hybridized carbons (Fsp3) is 0.385. The Labute approximate surface area is 89.9 Å². The summed E-state index contributed by atoms with van der Waals surface area (Å²) in [4.78, 5) is 3.15. The number of rotatable bonds is 3. The molecular weight excluding hydrogens is 186 g/mol. The first-order valence-electron chi connectivity index (χ1n) is 5.47. The minimum Gasteiger partial charge on any atom is -0.388 e. The van der Waals surface area contributed by atoms with E-state index in [0.29, 0.717) is 5.92 Å². The first-order valence-corrected chi connectivity index (χ1v) is 5.47. The van der Waals surface area contributed by atoms with Gasteiger partial charge in [0, 0.05) is 11.7 Å². The molecule has 2 heteroatoms. The largest absolute Gasteiger partial charge is 0.388 e. The Hall–Kier alpha value is -1.28. The molecule has 2 aromatic rings. The van der Waals surface area contributed by atoms with Crippen molar-refractivity contribution in [2.45, 2.75) is 26.4 Å². The highest BCUT2D eigenvalue weighted by Gasteiger charge is 2.14. The summed E-state index contributed by atoms with van der Waals surface area (Å²) in [6, 6.07) is 8.11. The van der Waals surface area contributed by atoms with Gasteiger partial charge in [0.15, 0.2) is 0 Å². The monoisotopic (exact) mass is 203 g/mol. The molecule has 80 valence electrons. The average Bonchev–Trinajstić information content (AvgIpc) is 2.73. The van der Waals surface area contributed by atoms with E-state index in [-0.39, 0.29) is 6.10 Å². The zero-order valence-corrected chi connectivity index (χ0v) is 9.20. The van der Waals surface area contributed by atoms with Gasteiger partial charge in [0.2, 0.25) is 0 Å². The number of aliphatic hydroxyl groups excluding tert-OH is 1. The van der Waals surface area contributed by atoms with Crippen LogP contribution in [0.2, 0.25) is 0 Å². The third kappa shape index (κ3) is 1.90. The molecule has 0 aliphatic carbocycles. The summed E-state index contributed by atoms with van der Waals surface area (Å²) in [6.45, 7) is 4.18. The van der Waals surface area contributed by atoms with Crippen LogP contribution in [-0.4, -0.2) is 10.1 Å². The number of hydrogen-bond donors (Lipinski definition) is 2. The maximum atomic E-state index is 10.1. The van der Waals surface area contributed by atoms with Crippen LogP contribution in [0.5, 0.6) is 0 Å². The zero-order chi connectivity index (χ0) is 10.8. The van der Waals surface area contributed by atoms with Crippen molar-refractivity contribution >= 4 is 10.9 Å². The van der Waals surface area contributed by atoms with E-state index in [0.717, 1.165) is 22.9 Å². The number of aromatic amines is 1. The number of aromatic nitrogens is 1. The van der Waals surface area contributed by atoms with Crippen LogP contribution in [0, 0.1) is 5.92 Å². The molecule has 15 heavy (non-hydrogen) atoms. The average molecular weight is 203 g/mol. The molecule has 2 rings (SSSR count). The highest BCUT2D eigenvalue weighted by atomic mass is 16.3. The summed E-state index contributed by atoms with van der Waals surface area (Å²) in [6.07, 6.45) is 2.56. The summed E-state index contributed by atoms with van der Waals surface area (Å²) in [5.41, 5.74) is 2.13. The molecule has 0 saturated carbocycles. The maximum Gasteiger partial charge on any atom is 0.0815 e. The standard InChI is InChI=1S/C13H17NO/c1-3-9(2)13(15)11-4-5-12-10(8-11)6-7-14-12/h4-9,13-15H,3H2,1-2H3. The summed E-state index contributed by atoms with van der Waals surface area (Å²) in [7, 11) is 0. The third-order valence-corrected chi connectivity index (χ3v) is 3.10. The molecule has 2 N–H and O–H groups in total. The van der Waals surface area contributed by atoms with Gasteiger partial charge in [-0.25, -0.2) is 0 Å². The molecule has 1 heterocycles. The number of nitrogens with one attached hydrogen (secondary N) is 1. The Kier molecular flexibility index (Phi) is 2.78. The summed E-state index contributed by atoms with van der Waals surface area (Å²) in [5.74, 6) is 0.307. The van der Waals surface area contributed by atoms with E-state index in [1.54, 1.807) is 0 Å². The Morgan fingerprint density at radius 3 is 2.87 bits per heavy atom. The molecule has 2 atom stereocenters. The fourth-order valence-electron chi connectivity index (χ4n) is 1.81. The molecule has 0 fully saturated rings. The molecule has 1 aromatic carbocycles. The number of fused-ring (bicyclic) bond motifs is 1. The van der Waals surface area contributed by atoms with Crippen LogP contribution in [0.4, 0.5) is 0 Å². The van der Waals surface area contributed by atoms with E-state index in [1.165, 1.54) is 0 Å². The van der Waals surface area contributed by atoms with Crippen molar-refractivity contribution in [1.29, 1.82) is 0 Å². The van der Waals surface area contributed by atoms with E-state index >= 15 is 0 Å². The molecule has 0 radical (unpaired) electrons. The SMILES string of the molecule is CCC(C)C(O)c1ccc2[nH]ccc2c1. The van der Waals surface area contributed by atoms with E-state index in [4.69, 9.17) is 0 Å². The predicted octanol–water partition coefficient (Wildman–Crippen LogP) is 3.25. The lowest BCUT2D eigenvalue weighted by atomic mass is 9.95. The number of aliphatic hydroxyl groups is 1. The van der Waals surface area contributed by atoms with Crippen molar-refractivity contribution in [1.82, 2.24) is 4.98 Å². The van der Waals surface area contributed by atoms with E-state index in [1.807, 2.05) is 24.4 Å². The highest BCUT2D eigenvalue weighted by molar-refractivity contribution is 5.80. The number of H-pyrrole nitrogens is 1. The molecule has 0 aliphatic heterocycles. The first-order chi connectivity index (χ1) is 7.22. The van der Waals surface area contributed by atoms with Gasteiger partial charge in [0.1, 0.15) is 0 Å². The lowest BCUT2D eigenvalue weighted by Gasteiger charge is -2.17. The topological polar surface area (TPSA) is 36.0 Å². The van der Waals surface area contributed by atoms with Gasteiger partial charge in [-0.2, -0.15) is 0 Å². The van der Waals surface area contributed by atoms with Crippen molar-refractivity contribution in [3.05, 3.63) is 36.0 Å². The van der Waals surface area contributed by atoms with Crippen molar-refractivity contribution in [3.63, 3.8) is 0 Å². The lowest BCUT2D eigenvalue weighted by Crippen LogP contribution is -2.07. The number of benzene rings is 1. The maximum absolute atomic E-state index is 10.1. The van der Waals surface area contributed by atoms with Crippen LogP contribution in [0.15, 0.2) is 30.5 Å². The van der Waals surface area contributed by atoms with E-state index in [2.05, 4.69) is 24.9 Å². The van der Waals surface area contributed by atoms with Crippen LogP contribution in [0.25, 0.3) is 10.9 Å². The van der Waals surface area contributed by atoms with Gasteiger partial charge in [0.25, 0.3) is 0 Å². The van der Waals surface area contributed by atoms with Crippen LogP contribution in [0.1, 0.15) is 31.9 Å². The molecular formula is C13H17NO. The normalized spacial score (nSPS) is 15.4. The van der Waals surface area contributed by atoms with Crippen LogP contribution < -0.4 is 0 Å². The van der Waals surface area contributed by atoms with Crippen LogP contribution in [-0.2, 0) is 0 Å². The Bertz CT molecular complexity index is 446. The van der Waals surface area contributed by atoms with Crippen LogP contribution in [0.3, 0.4) is 0 Å². The Morgan fingerprint density at radius 2 is 2.13 bits per heavy atom. The van der Waals surface area contributed by atoms with Crippen molar-refractivity contribution in [2.24, 2.45) is 5.92 Å². The van der Waals surface area contributed by atoms with Gasteiger partial charge < -0.3 is 10.1 Å². The minimum absolute atomic E-state index is 0.307. The van der Waals surface area contributed by atoms with Crippen molar-refractivity contribution in [3.8, 4) is 0 Å². The van der Waals surface area contributed by atoms with Crippen molar-refractivity contribution in [2.75, 3.05) is 0 Å². The Balaban J connectivity index is 2.35. The Morgan fingerprint density at radius 1 is 1.33 bits per heavy atom. The quantitative estimate of drug-likeness (QED) is 0.789. The second kappa shape index (κ2) is 4.07. The molecule has 2 nitrogen and oxygen atoms in total. The fourth-order valence-corrected chi connectivity index (χ4v) is 1.81.